The van der Waals surface area contributed by atoms with E-state index < -0.39 is 17.2 Å². The molecule has 0 radical (unpaired) electrons. The average molecular weight is 494 g/mol. The highest BCUT2D eigenvalue weighted by molar-refractivity contribution is 6.02. The van der Waals surface area contributed by atoms with Gasteiger partial charge in [-0.2, -0.15) is 13.2 Å². The summed E-state index contributed by atoms with van der Waals surface area (Å²) >= 11 is 0. The number of aromatic nitrogens is 5. The first-order chi connectivity index (χ1) is 17.3. The molecular weight excluding hydrogens is 473 g/mol. The molecule has 8 nitrogen and oxygen atoms in total. The number of pyridine rings is 1. The number of carbonyl (C=O) groups is 1. The van der Waals surface area contributed by atoms with Crippen molar-refractivity contribution in [2.24, 2.45) is 0 Å². The van der Waals surface area contributed by atoms with Gasteiger partial charge in [-0.3, -0.25) is 4.79 Å². The normalized spacial score (nSPS) is 14.3. The zero-order chi connectivity index (χ0) is 25.3. The van der Waals surface area contributed by atoms with E-state index in [1.807, 2.05) is 19.1 Å². The Bertz CT molecular complexity index is 1370. The topological polar surface area (TPSA) is 106 Å². The molecule has 1 saturated carbocycles. The number of halogens is 3. The van der Waals surface area contributed by atoms with Gasteiger partial charge in [0.15, 0.2) is 5.82 Å². The van der Waals surface area contributed by atoms with Crippen LogP contribution in [0.3, 0.4) is 0 Å². The van der Waals surface area contributed by atoms with Crippen molar-refractivity contribution in [1.82, 2.24) is 25.6 Å². The first-order valence-electron chi connectivity index (χ1n) is 11.3. The number of aromatic amines is 1. The molecule has 1 aliphatic carbocycles. The molecule has 2 aromatic carbocycles. The summed E-state index contributed by atoms with van der Waals surface area (Å²) in [5, 5.41) is 17.0. The fourth-order valence-corrected chi connectivity index (χ4v) is 4.12. The molecule has 2 heterocycles. The van der Waals surface area contributed by atoms with Crippen LogP contribution in [-0.2, 0) is 16.4 Å². The molecule has 0 spiro atoms. The van der Waals surface area contributed by atoms with Crippen molar-refractivity contribution in [3.8, 4) is 28.4 Å². The minimum Gasteiger partial charge on any atom is -0.478 e. The Morgan fingerprint density at radius 1 is 1.08 bits per heavy atom. The summed E-state index contributed by atoms with van der Waals surface area (Å²) in [6.07, 6.45) is -1.64. The van der Waals surface area contributed by atoms with E-state index in [1.165, 1.54) is 12.1 Å². The van der Waals surface area contributed by atoms with Crippen molar-refractivity contribution in [3.63, 3.8) is 0 Å². The molecule has 4 aromatic rings. The van der Waals surface area contributed by atoms with Gasteiger partial charge in [-0.05, 0) is 71.7 Å². The Kier molecular flexibility index (Phi) is 5.91. The average Bonchev–Trinajstić information content (AvgIpc) is 3.51. The molecular formula is C25H21F3N6O2. The molecule has 184 valence electrons. The lowest BCUT2D eigenvalue weighted by atomic mass is 9.93. The predicted octanol–water partition coefficient (Wildman–Crippen LogP) is 5.02. The highest BCUT2D eigenvalue weighted by atomic mass is 19.4. The van der Waals surface area contributed by atoms with E-state index in [-0.39, 0.29) is 5.91 Å². The Morgan fingerprint density at radius 2 is 1.86 bits per heavy atom. The van der Waals surface area contributed by atoms with Crippen LogP contribution in [0.2, 0.25) is 0 Å². The summed E-state index contributed by atoms with van der Waals surface area (Å²) in [5.41, 5.74) is 1.69. The molecule has 11 heteroatoms. The van der Waals surface area contributed by atoms with Gasteiger partial charge in [-0.1, -0.05) is 18.2 Å². The van der Waals surface area contributed by atoms with Crippen LogP contribution in [0.15, 0.2) is 60.8 Å². The second kappa shape index (κ2) is 9.06. The van der Waals surface area contributed by atoms with Gasteiger partial charge in [0.1, 0.15) is 0 Å². The second-order valence-corrected chi connectivity index (χ2v) is 8.44. The molecule has 36 heavy (non-hydrogen) atoms. The standard InChI is InChI=1S/C25H21F3N6O2/c1-2-36-21-10-3-15(14-29-21)19-9-8-18(13-20(19)22-31-33-34-32-22)30-23(35)24(11-12-24)16-4-6-17(7-5-16)25(26,27)28/h3-10,13-14H,2,11-12H2,1H3,(H,30,35)(H,31,32,33,34). The fourth-order valence-electron chi connectivity index (χ4n) is 4.12. The van der Waals surface area contributed by atoms with Crippen molar-refractivity contribution in [2.45, 2.75) is 31.4 Å². The van der Waals surface area contributed by atoms with E-state index in [0.29, 0.717) is 48.0 Å². The number of carbonyl (C=O) groups excluding carboxylic acids is 1. The van der Waals surface area contributed by atoms with Gasteiger partial charge < -0.3 is 10.1 Å². The third-order valence-electron chi connectivity index (χ3n) is 6.17. The van der Waals surface area contributed by atoms with Gasteiger partial charge in [-0.25, -0.2) is 10.1 Å². The minimum absolute atomic E-state index is 0.278. The minimum atomic E-state index is -4.43. The first kappa shape index (κ1) is 23.5. The van der Waals surface area contributed by atoms with Crippen molar-refractivity contribution >= 4 is 11.6 Å². The number of hydrogen-bond donors (Lipinski definition) is 2. The molecule has 1 fully saturated rings. The van der Waals surface area contributed by atoms with Gasteiger partial charge in [0.2, 0.25) is 11.8 Å². The number of benzene rings is 2. The second-order valence-electron chi connectivity index (χ2n) is 8.44. The van der Waals surface area contributed by atoms with Crippen molar-refractivity contribution < 1.29 is 22.7 Å². The SMILES string of the molecule is CCOc1ccc(-c2ccc(NC(=O)C3(c4ccc(C(F)(F)F)cc4)CC3)cc2-c2nnn[nH]2)cn1. The zero-order valence-electron chi connectivity index (χ0n) is 19.1. The van der Waals surface area contributed by atoms with Gasteiger partial charge in [0.05, 0.1) is 17.6 Å². The number of ether oxygens (including phenoxy) is 1. The summed E-state index contributed by atoms with van der Waals surface area (Å²) in [4.78, 5) is 17.5. The largest absolute Gasteiger partial charge is 0.478 e. The van der Waals surface area contributed by atoms with Crippen LogP contribution in [0.1, 0.15) is 30.9 Å². The molecule has 2 N–H and O–H groups in total. The fraction of sp³-hybridized carbons (Fsp3) is 0.240. The molecule has 0 bridgehead atoms. The smallest absolute Gasteiger partial charge is 0.416 e. The maximum absolute atomic E-state index is 13.2. The maximum Gasteiger partial charge on any atom is 0.416 e. The van der Waals surface area contributed by atoms with Crippen molar-refractivity contribution in [2.75, 3.05) is 11.9 Å². The lowest BCUT2D eigenvalue weighted by molar-refractivity contribution is -0.137. The Balaban J connectivity index is 1.42. The molecule has 0 saturated heterocycles. The van der Waals surface area contributed by atoms with E-state index in [2.05, 4.69) is 30.9 Å². The van der Waals surface area contributed by atoms with Crippen LogP contribution in [0.25, 0.3) is 22.5 Å². The van der Waals surface area contributed by atoms with Crippen LogP contribution < -0.4 is 10.1 Å². The van der Waals surface area contributed by atoms with Crippen LogP contribution in [-0.4, -0.2) is 38.1 Å². The van der Waals surface area contributed by atoms with E-state index in [9.17, 15) is 18.0 Å². The highest BCUT2D eigenvalue weighted by Gasteiger charge is 2.51. The Hall–Kier alpha value is -4.28. The van der Waals surface area contributed by atoms with Gasteiger partial charge in [0.25, 0.3) is 0 Å². The molecule has 1 aliphatic rings. The van der Waals surface area contributed by atoms with Crippen molar-refractivity contribution in [1.29, 1.82) is 0 Å². The van der Waals surface area contributed by atoms with E-state index >= 15 is 0 Å². The lowest BCUT2D eigenvalue weighted by Gasteiger charge is -2.18. The maximum atomic E-state index is 13.2. The summed E-state index contributed by atoms with van der Waals surface area (Å²) in [7, 11) is 0. The molecule has 1 amide bonds. The number of rotatable bonds is 7. The first-order valence-corrected chi connectivity index (χ1v) is 11.3. The molecule has 0 unspecified atom stereocenters. The monoisotopic (exact) mass is 494 g/mol. The van der Waals surface area contributed by atoms with E-state index in [4.69, 9.17) is 4.74 Å². The van der Waals surface area contributed by atoms with Gasteiger partial charge >= 0.3 is 6.18 Å². The predicted molar refractivity (Wildman–Crippen MR) is 125 cm³/mol. The number of tetrazole rings is 1. The number of H-pyrrole nitrogens is 1. The Morgan fingerprint density at radius 3 is 2.44 bits per heavy atom. The molecule has 5 rings (SSSR count). The van der Waals surface area contributed by atoms with Crippen molar-refractivity contribution in [3.05, 3.63) is 71.9 Å². The third-order valence-corrected chi connectivity index (χ3v) is 6.17. The van der Waals surface area contributed by atoms with Gasteiger partial charge in [-0.15, -0.1) is 5.10 Å². The number of anilines is 1. The molecule has 2 aromatic heterocycles. The van der Waals surface area contributed by atoms with E-state index in [0.717, 1.165) is 23.3 Å². The lowest BCUT2D eigenvalue weighted by Crippen LogP contribution is -2.28. The third kappa shape index (κ3) is 4.51. The zero-order valence-corrected chi connectivity index (χ0v) is 19.1. The summed E-state index contributed by atoms with van der Waals surface area (Å²) in [6.45, 7) is 2.38. The number of nitrogens with zero attached hydrogens (tertiary/aromatic N) is 4. The number of alkyl halides is 3. The van der Waals surface area contributed by atoms with Crippen LogP contribution in [0, 0.1) is 0 Å². The van der Waals surface area contributed by atoms with Gasteiger partial charge in [0, 0.05) is 29.1 Å². The number of amides is 1. The van der Waals surface area contributed by atoms with E-state index in [1.54, 1.807) is 24.4 Å². The summed E-state index contributed by atoms with van der Waals surface area (Å²) in [6, 6.07) is 13.7. The van der Waals surface area contributed by atoms with Crippen LogP contribution in [0.4, 0.5) is 18.9 Å². The molecule has 0 atom stereocenters. The summed E-state index contributed by atoms with van der Waals surface area (Å²) < 4.78 is 44.2. The van der Waals surface area contributed by atoms with Crippen LogP contribution in [0.5, 0.6) is 5.88 Å². The Labute approximate surface area is 203 Å². The van der Waals surface area contributed by atoms with Crippen LogP contribution >= 0.6 is 0 Å². The quantitative estimate of drug-likeness (QED) is 0.374. The number of nitrogens with one attached hydrogen (secondary N) is 2. The number of hydrogen-bond acceptors (Lipinski definition) is 6. The highest BCUT2D eigenvalue weighted by Crippen LogP contribution is 2.49. The molecule has 0 aliphatic heterocycles. The summed E-state index contributed by atoms with van der Waals surface area (Å²) in [5.74, 6) is 0.629.